The molecule has 0 amide bonds. The van der Waals surface area contributed by atoms with Crippen molar-refractivity contribution in [3.63, 3.8) is 0 Å². The summed E-state index contributed by atoms with van der Waals surface area (Å²) < 4.78 is 4.62. The Kier molecular flexibility index (Phi) is 2.59. The molecule has 1 aromatic heterocycles. The molecule has 2 N–H and O–H groups in total. The molecule has 2 aromatic rings. The lowest BCUT2D eigenvalue weighted by atomic mass is 10.1. The average Bonchev–Trinajstić information content (AvgIpc) is 2.78. The molecule has 0 spiro atoms. The molecule has 0 unspecified atom stereocenters. The number of methoxy groups -OCH3 is 1. The van der Waals surface area contributed by atoms with E-state index in [1.165, 1.54) is 7.11 Å². The van der Waals surface area contributed by atoms with Gasteiger partial charge in [-0.15, -0.1) is 0 Å². The molecule has 0 aliphatic rings. The van der Waals surface area contributed by atoms with Crippen molar-refractivity contribution in [2.24, 2.45) is 0 Å². The first-order valence-electron chi connectivity index (χ1n) is 4.63. The van der Waals surface area contributed by atoms with Crippen LogP contribution < -0.4 is 0 Å². The van der Waals surface area contributed by atoms with E-state index in [1.807, 2.05) is 0 Å². The Hall–Kier alpha value is -2.30. The van der Waals surface area contributed by atoms with E-state index in [2.05, 4.69) is 14.9 Å². The summed E-state index contributed by atoms with van der Waals surface area (Å²) in [5.41, 5.74) is 1.73. The molecule has 1 aromatic carbocycles. The molecule has 5 nitrogen and oxygen atoms in total. The Bertz CT molecular complexity index is 502. The number of nitrogens with one attached hydrogen (secondary N) is 1. The van der Waals surface area contributed by atoms with Gasteiger partial charge in [0.2, 0.25) is 0 Å². The van der Waals surface area contributed by atoms with Crippen LogP contribution in [0, 0.1) is 0 Å². The molecule has 2 rings (SSSR count). The van der Waals surface area contributed by atoms with Gasteiger partial charge in [-0.2, -0.15) is 5.10 Å². The number of ether oxygens (including phenoxy) is 1. The molecule has 0 saturated heterocycles. The predicted octanol–water partition coefficient (Wildman–Crippen LogP) is 1.57. The maximum absolute atomic E-state index is 11.4. The molecule has 0 aliphatic carbocycles. The van der Waals surface area contributed by atoms with Crippen LogP contribution in [0.15, 0.2) is 30.5 Å². The number of carbonyl (C=O) groups is 1. The maximum atomic E-state index is 11.4. The van der Waals surface area contributed by atoms with E-state index in [4.69, 9.17) is 5.11 Å². The smallest absolute Gasteiger partial charge is 0.356 e. The first-order valence-corrected chi connectivity index (χ1v) is 4.63. The van der Waals surface area contributed by atoms with Gasteiger partial charge in [-0.05, 0) is 17.7 Å². The van der Waals surface area contributed by atoms with Crippen molar-refractivity contribution >= 4 is 5.97 Å². The summed E-state index contributed by atoms with van der Waals surface area (Å²) >= 11 is 0. The Morgan fingerprint density at radius 1 is 1.38 bits per heavy atom. The van der Waals surface area contributed by atoms with Crippen LogP contribution in [0.25, 0.3) is 11.1 Å². The highest BCUT2D eigenvalue weighted by Gasteiger charge is 2.15. The van der Waals surface area contributed by atoms with Crippen molar-refractivity contribution in [2.75, 3.05) is 7.11 Å². The highest BCUT2D eigenvalue weighted by atomic mass is 16.5. The van der Waals surface area contributed by atoms with E-state index in [0.717, 1.165) is 5.56 Å². The molecule has 82 valence electrons. The Balaban J connectivity index is 2.44. The van der Waals surface area contributed by atoms with Crippen molar-refractivity contribution in [3.05, 3.63) is 36.2 Å². The fourth-order valence-electron chi connectivity index (χ4n) is 1.40. The maximum Gasteiger partial charge on any atom is 0.356 e. The second kappa shape index (κ2) is 4.06. The first-order chi connectivity index (χ1) is 7.72. The molecule has 0 saturated carbocycles. The van der Waals surface area contributed by atoms with Crippen molar-refractivity contribution in [3.8, 4) is 16.9 Å². The standard InChI is InChI=1S/C11H10N2O3/c1-16-11(15)10-9(6-12-13-10)7-2-4-8(14)5-3-7/h2-6,14H,1H3,(H,12,13). The van der Waals surface area contributed by atoms with Crippen LogP contribution in [0.2, 0.25) is 0 Å². The summed E-state index contributed by atoms with van der Waals surface area (Å²) in [7, 11) is 1.31. The van der Waals surface area contributed by atoms with E-state index in [1.54, 1.807) is 30.5 Å². The van der Waals surface area contributed by atoms with Crippen LogP contribution in [0.5, 0.6) is 5.75 Å². The summed E-state index contributed by atoms with van der Waals surface area (Å²) in [4.78, 5) is 11.4. The van der Waals surface area contributed by atoms with Gasteiger partial charge in [0.1, 0.15) is 5.75 Å². The summed E-state index contributed by atoms with van der Waals surface area (Å²) in [6, 6.07) is 6.49. The van der Waals surface area contributed by atoms with Crippen LogP contribution in [0.4, 0.5) is 0 Å². The molecular formula is C11H10N2O3. The number of phenolic OH excluding ortho intramolecular Hbond substituents is 1. The second-order valence-electron chi connectivity index (χ2n) is 3.20. The molecular weight excluding hydrogens is 208 g/mol. The van der Waals surface area contributed by atoms with Crippen LogP contribution in [-0.4, -0.2) is 28.4 Å². The monoisotopic (exact) mass is 218 g/mol. The summed E-state index contributed by atoms with van der Waals surface area (Å²) in [6.07, 6.45) is 1.54. The third-order valence-corrected chi connectivity index (χ3v) is 2.21. The van der Waals surface area contributed by atoms with Gasteiger partial charge in [-0.3, -0.25) is 5.10 Å². The van der Waals surface area contributed by atoms with E-state index >= 15 is 0 Å². The van der Waals surface area contributed by atoms with Crippen molar-refractivity contribution < 1.29 is 14.6 Å². The zero-order valence-electron chi connectivity index (χ0n) is 8.60. The topological polar surface area (TPSA) is 75.2 Å². The third-order valence-electron chi connectivity index (χ3n) is 2.21. The van der Waals surface area contributed by atoms with Crippen LogP contribution >= 0.6 is 0 Å². The van der Waals surface area contributed by atoms with Gasteiger partial charge in [-0.1, -0.05) is 12.1 Å². The number of esters is 1. The number of aromatic hydroxyl groups is 1. The summed E-state index contributed by atoms with van der Waals surface area (Å²) in [5, 5.41) is 15.5. The zero-order valence-corrected chi connectivity index (χ0v) is 8.60. The van der Waals surface area contributed by atoms with Crippen molar-refractivity contribution in [1.82, 2.24) is 10.2 Å². The largest absolute Gasteiger partial charge is 0.508 e. The van der Waals surface area contributed by atoms with E-state index in [9.17, 15) is 4.79 Å². The lowest BCUT2D eigenvalue weighted by Crippen LogP contribution is -2.03. The number of nitrogens with zero attached hydrogens (tertiary/aromatic N) is 1. The average molecular weight is 218 g/mol. The molecule has 0 bridgehead atoms. The minimum absolute atomic E-state index is 0.173. The SMILES string of the molecule is COC(=O)c1[nH]ncc1-c1ccc(O)cc1. The molecule has 1 heterocycles. The van der Waals surface area contributed by atoms with Gasteiger partial charge >= 0.3 is 5.97 Å². The quantitative estimate of drug-likeness (QED) is 0.750. The minimum Gasteiger partial charge on any atom is -0.508 e. The number of carbonyl (C=O) groups excluding carboxylic acids is 1. The Labute approximate surface area is 91.7 Å². The van der Waals surface area contributed by atoms with Crippen molar-refractivity contribution in [1.29, 1.82) is 0 Å². The fraction of sp³-hybridized carbons (Fsp3) is 0.0909. The summed E-state index contributed by atoms with van der Waals surface area (Å²) in [6.45, 7) is 0. The van der Waals surface area contributed by atoms with Gasteiger partial charge < -0.3 is 9.84 Å². The third kappa shape index (κ3) is 1.75. The van der Waals surface area contributed by atoms with E-state index in [0.29, 0.717) is 11.3 Å². The molecule has 5 heteroatoms. The minimum atomic E-state index is -0.472. The normalized spacial score (nSPS) is 10.1. The summed E-state index contributed by atoms with van der Waals surface area (Å²) in [5.74, 6) is -0.299. The number of H-pyrrole nitrogens is 1. The van der Waals surface area contributed by atoms with Crippen molar-refractivity contribution in [2.45, 2.75) is 0 Å². The Morgan fingerprint density at radius 3 is 2.69 bits per heavy atom. The highest BCUT2D eigenvalue weighted by Crippen LogP contribution is 2.24. The zero-order chi connectivity index (χ0) is 11.5. The number of aromatic amines is 1. The number of hydrogen-bond donors (Lipinski definition) is 2. The van der Waals surface area contributed by atoms with Gasteiger partial charge in [0.15, 0.2) is 5.69 Å². The molecule has 0 aliphatic heterocycles. The number of hydrogen-bond acceptors (Lipinski definition) is 4. The predicted molar refractivity (Wildman–Crippen MR) is 57.0 cm³/mol. The van der Waals surface area contributed by atoms with E-state index < -0.39 is 5.97 Å². The fourth-order valence-corrected chi connectivity index (χ4v) is 1.40. The van der Waals surface area contributed by atoms with Gasteiger partial charge in [0.25, 0.3) is 0 Å². The Morgan fingerprint density at radius 2 is 2.06 bits per heavy atom. The first kappa shape index (κ1) is 10.2. The number of phenols is 1. The van der Waals surface area contributed by atoms with Crippen LogP contribution in [0.3, 0.4) is 0 Å². The number of benzene rings is 1. The lowest BCUT2D eigenvalue weighted by molar-refractivity contribution is 0.0595. The lowest BCUT2D eigenvalue weighted by Gasteiger charge is -2.01. The molecule has 0 radical (unpaired) electrons. The number of rotatable bonds is 2. The molecule has 0 atom stereocenters. The van der Waals surface area contributed by atoms with Gasteiger partial charge in [-0.25, -0.2) is 4.79 Å². The highest BCUT2D eigenvalue weighted by molar-refractivity contribution is 5.95. The number of aromatic nitrogens is 2. The van der Waals surface area contributed by atoms with Gasteiger partial charge in [0, 0.05) is 5.56 Å². The molecule has 16 heavy (non-hydrogen) atoms. The molecule has 0 fully saturated rings. The van der Waals surface area contributed by atoms with Crippen LogP contribution in [-0.2, 0) is 4.74 Å². The van der Waals surface area contributed by atoms with Gasteiger partial charge in [0.05, 0.1) is 13.3 Å². The van der Waals surface area contributed by atoms with Crippen LogP contribution in [0.1, 0.15) is 10.5 Å². The second-order valence-corrected chi connectivity index (χ2v) is 3.20. The van der Waals surface area contributed by atoms with E-state index in [-0.39, 0.29) is 5.75 Å².